The van der Waals surface area contributed by atoms with Crippen molar-refractivity contribution >= 4 is 23.1 Å². The highest BCUT2D eigenvalue weighted by Gasteiger charge is 2.05. The third kappa shape index (κ3) is 4.52. The number of carbonyl (C=O) groups is 1. The number of carbonyl (C=O) groups excluding carboxylic acids is 1. The summed E-state index contributed by atoms with van der Waals surface area (Å²) in [6.45, 7) is 1.80. The zero-order chi connectivity index (χ0) is 17.6. The van der Waals surface area contributed by atoms with Crippen LogP contribution < -0.4 is 10.1 Å². The smallest absolute Gasteiger partial charge is 0.222 e. The molecule has 0 saturated heterocycles. The number of ketones is 1. The largest absolute Gasteiger partial charge is 0.458 e. The Hall–Kier alpha value is -2.98. The van der Waals surface area contributed by atoms with E-state index in [0.29, 0.717) is 28.0 Å². The first-order valence-electron chi connectivity index (χ1n) is 7.68. The third-order valence-electron chi connectivity index (χ3n) is 3.39. The molecule has 0 aliphatic carbocycles. The number of allylic oxidation sites excluding steroid dienone is 1. The van der Waals surface area contributed by atoms with E-state index in [0.717, 1.165) is 5.69 Å². The number of hydrogen-bond donors (Lipinski definition) is 1. The van der Waals surface area contributed by atoms with Gasteiger partial charge in [0.15, 0.2) is 5.76 Å². The number of halogens is 1. The fraction of sp³-hybridized carbons (Fsp3) is 0.0500. The molecule has 126 valence electrons. The van der Waals surface area contributed by atoms with Crippen molar-refractivity contribution in [1.82, 2.24) is 0 Å². The Labute approximate surface area is 150 Å². The number of hydrogen-bond acceptors (Lipinski definition) is 4. The van der Waals surface area contributed by atoms with E-state index >= 15 is 0 Å². The first-order valence-corrected chi connectivity index (χ1v) is 8.06. The second kappa shape index (κ2) is 7.73. The molecular formula is C20H16ClNO3. The van der Waals surface area contributed by atoms with Crippen molar-refractivity contribution in [3.63, 3.8) is 0 Å². The van der Waals surface area contributed by atoms with Gasteiger partial charge in [0.1, 0.15) is 17.3 Å². The van der Waals surface area contributed by atoms with Gasteiger partial charge in [0.25, 0.3) is 0 Å². The van der Waals surface area contributed by atoms with Gasteiger partial charge in [0.05, 0.1) is 5.02 Å². The van der Waals surface area contributed by atoms with Crippen molar-refractivity contribution in [2.24, 2.45) is 0 Å². The lowest BCUT2D eigenvalue weighted by molar-refractivity contribution is 0.102. The summed E-state index contributed by atoms with van der Waals surface area (Å²) in [6.07, 6.45) is 3.00. The van der Waals surface area contributed by atoms with Crippen LogP contribution >= 0.6 is 11.6 Å². The highest BCUT2D eigenvalue weighted by Crippen LogP contribution is 2.29. The molecule has 3 aromatic rings. The highest BCUT2D eigenvalue weighted by atomic mass is 35.5. The molecule has 1 aromatic heterocycles. The molecular weight excluding hydrogens is 338 g/mol. The lowest BCUT2D eigenvalue weighted by Crippen LogP contribution is -1.94. The predicted molar refractivity (Wildman–Crippen MR) is 98.5 cm³/mol. The van der Waals surface area contributed by atoms with Crippen LogP contribution in [0.5, 0.6) is 11.5 Å². The molecule has 0 fully saturated rings. The average Bonchev–Trinajstić information content (AvgIpc) is 3.05. The summed E-state index contributed by atoms with van der Waals surface area (Å²) in [5.41, 5.74) is 0.825. The topological polar surface area (TPSA) is 51.5 Å². The quantitative estimate of drug-likeness (QED) is 0.446. The molecule has 0 atom stereocenters. The lowest BCUT2D eigenvalue weighted by atomic mass is 10.3. The minimum Gasteiger partial charge on any atom is -0.458 e. The summed E-state index contributed by atoms with van der Waals surface area (Å²) in [6, 6.07) is 18.0. The Morgan fingerprint density at radius 3 is 2.52 bits per heavy atom. The molecule has 0 amide bonds. The SMILES string of the molecule is Cc1ccc(C(=O)/C=C/Nc2ccc(Oc3ccccc3Cl)cc2)o1. The van der Waals surface area contributed by atoms with Crippen LogP contribution in [0.4, 0.5) is 5.69 Å². The number of furan rings is 1. The van der Waals surface area contributed by atoms with Crippen LogP contribution in [-0.4, -0.2) is 5.78 Å². The zero-order valence-corrected chi connectivity index (χ0v) is 14.3. The van der Waals surface area contributed by atoms with Crippen LogP contribution in [0.1, 0.15) is 16.3 Å². The van der Waals surface area contributed by atoms with E-state index in [1.165, 1.54) is 6.08 Å². The minimum absolute atomic E-state index is 0.195. The summed E-state index contributed by atoms with van der Waals surface area (Å²) in [5.74, 6) is 2.10. The van der Waals surface area contributed by atoms with Crippen molar-refractivity contribution in [2.75, 3.05) is 5.32 Å². The third-order valence-corrected chi connectivity index (χ3v) is 3.70. The molecule has 0 saturated carbocycles. The molecule has 0 aliphatic heterocycles. The van der Waals surface area contributed by atoms with Crippen LogP contribution in [-0.2, 0) is 0 Å². The number of ether oxygens (including phenoxy) is 1. The van der Waals surface area contributed by atoms with E-state index in [9.17, 15) is 4.79 Å². The fourth-order valence-corrected chi connectivity index (χ4v) is 2.31. The molecule has 1 N–H and O–H groups in total. The molecule has 0 spiro atoms. The van der Waals surface area contributed by atoms with Crippen LogP contribution in [0.15, 0.2) is 77.4 Å². The van der Waals surface area contributed by atoms with Crippen LogP contribution in [0.2, 0.25) is 5.02 Å². The number of rotatable bonds is 6. The van der Waals surface area contributed by atoms with Gasteiger partial charge < -0.3 is 14.5 Å². The molecule has 0 unspecified atom stereocenters. The first-order chi connectivity index (χ1) is 12.1. The van der Waals surface area contributed by atoms with Gasteiger partial charge >= 0.3 is 0 Å². The van der Waals surface area contributed by atoms with Gasteiger partial charge in [-0.25, -0.2) is 0 Å². The summed E-state index contributed by atoms with van der Waals surface area (Å²) in [5, 5.41) is 3.58. The molecule has 5 heteroatoms. The molecule has 3 rings (SSSR count). The normalized spacial score (nSPS) is 10.8. The molecule has 0 aliphatic rings. The molecule has 4 nitrogen and oxygen atoms in total. The maximum absolute atomic E-state index is 11.9. The van der Waals surface area contributed by atoms with Crippen LogP contribution in [0.25, 0.3) is 0 Å². The van der Waals surface area contributed by atoms with Gasteiger partial charge in [0.2, 0.25) is 5.78 Å². The van der Waals surface area contributed by atoms with Gasteiger partial charge in [-0.05, 0) is 55.5 Å². The number of nitrogens with one attached hydrogen (secondary N) is 1. The van der Waals surface area contributed by atoms with Crippen LogP contribution in [0, 0.1) is 6.92 Å². The Bertz CT molecular complexity index is 897. The van der Waals surface area contributed by atoms with E-state index in [-0.39, 0.29) is 5.78 Å². The maximum atomic E-state index is 11.9. The Morgan fingerprint density at radius 2 is 1.84 bits per heavy atom. The second-order valence-electron chi connectivity index (χ2n) is 5.31. The Kier molecular flexibility index (Phi) is 5.21. The maximum Gasteiger partial charge on any atom is 0.222 e. The zero-order valence-electron chi connectivity index (χ0n) is 13.5. The van der Waals surface area contributed by atoms with E-state index in [2.05, 4.69) is 5.32 Å². The summed E-state index contributed by atoms with van der Waals surface area (Å²) in [4.78, 5) is 11.9. The minimum atomic E-state index is -0.195. The van der Waals surface area contributed by atoms with E-state index < -0.39 is 0 Å². The van der Waals surface area contributed by atoms with Gasteiger partial charge in [-0.3, -0.25) is 4.79 Å². The fourth-order valence-electron chi connectivity index (χ4n) is 2.14. The summed E-state index contributed by atoms with van der Waals surface area (Å²) in [7, 11) is 0. The first kappa shape index (κ1) is 16.9. The number of anilines is 1. The van der Waals surface area contributed by atoms with E-state index in [4.69, 9.17) is 20.8 Å². The van der Waals surface area contributed by atoms with Crippen molar-refractivity contribution in [3.8, 4) is 11.5 Å². The van der Waals surface area contributed by atoms with Gasteiger partial charge in [-0.2, -0.15) is 0 Å². The molecule has 2 aromatic carbocycles. The lowest BCUT2D eigenvalue weighted by Gasteiger charge is -2.08. The summed E-state index contributed by atoms with van der Waals surface area (Å²) < 4.78 is 11.0. The number of benzene rings is 2. The average molecular weight is 354 g/mol. The Balaban J connectivity index is 1.58. The van der Waals surface area contributed by atoms with Gasteiger partial charge in [-0.15, -0.1) is 0 Å². The molecule has 0 bridgehead atoms. The van der Waals surface area contributed by atoms with Gasteiger partial charge in [0, 0.05) is 18.0 Å². The van der Waals surface area contributed by atoms with Crippen LogP contribution in [0.3, 0.4) is 0 Å². The molecule has 25 heavy (non-hydrogen) atoms. The van der Waals surface area contributed by atoms with Crippen molar-refractivity contribution in [3.05, 3.63) is 89.5 Å². The van der Waals surface area contributed by atoms with Gasteiger partial charge in [-0.1, -0.05) is 23.7 Å². The predicted octanol–water partition coefficient (Wildman–Crippen LogP) is 5.84. The molecule has 0 radical (unpaired) electrons. The van der Waals surface area contributed by atoms with E-state index in [1.54, 1.807) is 37.4 Å². The Morgan fingerprint density at radius 1 is 1.08 bits per heavy atom. The second-order valence-corrected chi connectivity index (χ2v) is 5.72. The van der Waals surface area contributed by atoms with Crippen molar-refractivity contribution < 1.29 is 13.9 Å². The van der Waals surface area contributed by atoms with E-state index in [1.807, 2.05) is 36.4 Å². The number of aryl methyl sites for hydroxylation is 1. The van der Waals surface area contributed by atoms with Crippen molar-refractivity contribution in [2.45, 2.75) is 6.92 Å². The summed E-state index contributed by atoms with van der Waals surface area (Å²) >= 11 is 6.07. The number of para-hydroxylation sites is 1. The van der Waals surface area contributed by atoms with Crippen molar-refractivity contribution in [1.29, 1.82) is 0 Å². The highest BCUT2D eigenvalue weighted by molar-refractivity contribution is 6.32. The monoisotopic (exact) mass is 353 g/mol. The molecule has 1 heterocycles. The standard InChI is InChI=1S/C20H16ClNO3/c1-14-6-11-20(24-14)18(23)12-13-22-15-7-9-16(10-8-15)25-19-5-3-2-4-17(19)21/h2-13,22H,1H3/b13-12+.